The molecule has 0 aromatic heterocycles. The second kappa shape index (κ2) is 8.90. The molecule has 0 N–H and O–H groups in total. The van der Waals surface area contributed by atoms with Crippen molar-refractivity contribution in [3.05, 3.63) is 89.2 Å². The molecule has 0 bridgehead atoms. The van der Waals surface area contributed by atoms with Crippen molar-refractivity contribution in [1.29, 1.82) is 0 Å². The van der Waals surface area contributed by atoms with E-state index in [1.807, 2.05) is 4.90 Å². The van der Waals surface area contributed by atoms with Gasteiger partial charge in [0, 0.05) is 24.2 Å². The van der Waals surface area contributed by atoms with Crippen molar-refractivity contribution in [1.82, 2.24) is 4.90 Å². The van der Waals surface area contributed by atoms with Crippen LogP contribution in [0.15, 0.2) is 76.5 Å². The molecular formula is C26H23FN2O3S. The number of anilines is 1. The Hall–Kier alpha value is -3.32. The summed E-state index contributed by atoms with van der Waals surface area (Å²) in [6.07, 6.45) is 3.04. The van der Waals surface area contributed by atoms with Crippen LogP contribution in [-0.2, 0) is 17.3 Å². The molecule has 1 fully saturated rings. The highest BCUT2D eigenvalue weighted by atomic mass is 32.2. The van der Waals surface area contributed by atoms with E-state index in [9.17, 15) is 18.2 Å². The lowest BCUT2D eigenvalue weighted by Crippen LogP contribution is -2.36. The second-order valence-electron chi connectivity index (χ2n) is 8.28. The number of rotatable bonds is 3. The third kappa shape index (κ3) is 3.97. The molecule has 5 nitrogen and oxygen atoms in total. The van der Waals surface area contributed by atoms with Gasteiger partial charge in [0.15, 0.2) is 0 Å². The molecule has 3 aromatic carbocycles. The standard InChI is InChI=1S/C26H23FN2O3S/c27-21-10-4-2-8-19(21)17-29-22-16-18(25(30)28-14-6-1-7-15-28)12-13-24(22)33(32)23-11-5-3-9-20(23)26(29)31/h2-5,8-13,16H,1,6-7,14-15,17H2. The molecule has 2 amide bonds. The number of piperidine rings is 1. The van der Waals surface area contributed by atoms with Gasteiger partial charge in [-0.1, -0.05) is 30.3 Å². The summed E-state index contributed by atoms with van der Waals surface area (Å²) in [6, 6.07) is 18.0. The first-order valence-corrected chi connectivity index (χ1v) is 12.2. The van der Waals surface area contributed by atoms with Gasteiger partial charge in [0.2, 0.25) is 0 Å². The van der Waals surface area contributed by atoms with Crippen molar-refractivity contribution in [2.75, 3.05) is 18.0 Å². The van der Waals surface area contributed by atoms with Crippen LogP contribution in [0.5, 0.6) is 0 Å². The normalized spacial score (nSPS) is 17.8. The van der Waals surface area contributed by atoms with E-state index in [2.05, 4.69) is 0 Å². The molecule has 2 aliphatic rings. The van der Waals surface area contributed by atoms with Crippen LogP contribution >= 0.6 is 0 Å². The Labute approximate surface area is 194 Å². The molecule has 2 heterocycles. The van der Waals surface area contributed by atoms with E-state index in [-0.39, 0.29) is 18.4 Å². The summed E-state index contributed by atoms with van der Waals surface area (Å²) in [6.45, 7) is 1.36. The number of hydrogen-bond donors (Lipinski definition) is 0. The van der Waals surface area contributed by atoms with Crippen molar-refractivity contribution < 1.29 is 18.2 Å². The molecule has 1 saturated heterocycles. The molecule has 1 atom stereocenters. The van der Waals surface area contributed by atoms with E-state index in [0.29, 0.717) is 45.3 Å². The lowest BCUT2D eigenvalue weighted by atomic mass is 10.1. The molecule has 0 spiro atoms. The highest BCUT2D eigenvalue weighted by Gasteiger charge is 2.32. The summed E-state index contributed by atoms with van der Waals surface area (Å²) < 4.78 is 28.0. The van der Waals surface area contributed by atoms with Gasteiger partial charge in [-0.3, -0.25) is 9.59 Å². The molecule has 1 unspecified atom stereocenters. The lowest BCUT2D eigenvalue weighted by Gasteiger charge is -2.28. The predicted molar refractivity (Wildman–Crippen MR) is 124 cm³/mol. The van der Waals surface area contributed by atoms with Crippen LogP contribution in [0.25, 0.3) is 0 Å². The fourth-order valence-corrected chi connectivity index (χ4v) is 5.77. The fourth-order valence-electron chi connectivity index (χ4n) is 4.43. The maximum Gasteiger partial charge on any atom is 0.259 e. The van der Waals surface area contributed by atoms with Gasteiger partial charge in [-0.2, -0.15) is 0 Å². The number of amides is 2. The summed E-state index contributed by atoms with van der Waals surface area (Å²) in [4.78, 5) is 30.9. The van der Waals surface area contributed by atoms with Gasteiger partial charge in [0.1, 0.15) is 5.82 Å². The first-order chi connectivity index (χ1) is 16.0. The molecule has 168 valence electrons. The molecule has 0 saturated carbocycles. The highest BCUT2D eigenvalue weighted by Crippen LogP contribution is 2.36. The van der Waals surface area contributed by atoms with Crippen molar-refractivity contribution in [3.8, 4) is 0 Å². The Kier molecular flexibility index (Phi) is 5.81. The number of carbonyl (C=O) groups is 2. The van der Waals surface area contributed by atoms with Crippen LogP contribution in [0.4, 0.5) is 10.1 Å². The van der Waals surface area contributed by atoms with E-state index in [1.54, 1.807) is 60.7 Å². The van der Waals surface area contributed by atoms with E-state index >= 15 is 0 Å². The topological polar surface area (TPSA) is 57.7 Å². The van der Waals surface area contributed by atoms with Gasteiger partial charge in [0.05, 0.1) is 38.4 Å². The number of hydrogen-bond acceptors (Lipinski definition) is 3. The number of nitrogens with zero attached hydrogens (tertiary/aromatic N) is 2. The number of halogens is 1. The zero-order valence-electron chi connectivity index (χ0n) is 18.0. The van der Waals surface area contributed by atoms with E-state index in [0.717, 1.165) is 19.3 Å². The van der Waals surface area contributed by atoms with E-state index in [1.165, 1.54) is 11.0 Å². The van der Waals surface area contributed by atoms with Gasteiger partial charge >= 0.3 is 0 Å². The van der Waals surface area contributed by atoms with Crippen LogP contribution in [0, 0.1) is 5.82 Å². The minimum atomic E-state index is -1.62. The second-order valence-corrected chi connectivity index (χ2v) is 9.70. The lowest BCUT2D eigenvalue weighted by molar-refractivity contribution is 0.0724. The SMILES string of the molecule is O=C(c1ccc2c(c1)N(Cc1ccccc1F)C(=O)c1ccccc1S2=O)N1CCCCC1. The minimum absolute atomic E-state index is 0.0363. The van der Waals surface area contributed by atoms with Gasteiger partial charge in [-0.15, -0.1) is 0 Å². The Bertz CT molecular complexity index is 1270. The maximum absolute atomic E-state index is 14.5. The summed E-state index contributed by atoms with van der Waals surface area (Å²) >= 11 is 0. The average Bonchev–Trinajstić information content (AvgIpc) is 2.94. The smallest absolute Gasteiger partial charge is 0.259 e. The van der Waals surface area contributed by atoms with E-state index in [4.69, 9.17) is 0 Å². The molecular weight excluding hydrogens is 439 g/mol. The first kappa shape index (κ1) is 21.5. The summed E-state index contributed by atoms with van der Waals surface area (Å²) in [5, 5.41) is 0. The van der Waals surface area contributed by atoms with Crippen LogP contribution in [-0.4, -0.2) is 34.0 Å². The Morgan fingerprint density at radius 3 is 2.42 bits per heavy atom. The van der Waals surface area contributed by atoms with Gasteiger partial charge in [-0.05, 0) is 55.7 Å². The minimum Gasteiger partial charge on any atom is -0.339 e. The third-order valence-corrected chi connectivity index (χ3v) is 7.69. The Morgan fingerprint density at radius 2 is 1.64 bits per heavy atom. The van der Waals surface area contributed by atoms with Crippen molar-refractivity contribution in [2.24, 2.45) is 0 Å². The number of benzene rings is 3. The largest absolute Gasteiger partial charge is 0.339 e. The van der Waals surface area contributed by atoms with Crippen LogP contribution in [0.3, 0.4) is 0 Å². The Balaban J connectivity index is 1.63. The molecule has 3 aromatic rings. The third-order valence-electron chi connectivity index (χ3n) is 6.19. The first-order valence-electron chi connectivity index (χ1n) is 11.0. The fraction of sp³-hybridized carbons (Fsp3) is 0.231. The molecule has 5 rings (SSSR count). The van der Waals surface area contributed by atoms with Crippen LogP contribution in [0.1, 0.15) is 45.5 Å². The number of fused-ring (bicyclic) bond motifs is 2. The Morgan fingerprint density at radius 1 is 0.909 bits per heavy atom. The molecule has 0 aliphatic carbocycles. The van der Waals surface area contributed by atoms with Gasteiger partial charge in [-0.25, -0.2) is 8.60 Å². The highest BCUT2D eigenvalue weighted by molar-refractivity contribution is 7.85. The maximum atomic E-state index is 14.5. The van der Waals surface area contributed by atoms with Gasteiger partial charge < -0.3 is 9.80 Å². The monoisotopic (exact) mass is 462 g/mol. The zero-order chi connectivity index (χ0) is 22.9. The molecule has 2 aliphatic heterocycles. The zero-order valence-corrected chi connectivity index (χ0v) is 18.8. The van der Waals surface area contributed by atoms with Crippen molar-refractivity contribution in [3.63, 3.8) is 0 Å². The molecule has 33 heavy (non-hydrogen) atoms. The predicted octanol–water partition coefficient (Wildman–Crippen LogP) is 4.78. The van der Waals surface area contributed by atoms with Crippen molar-refractivity contribution in [2.45, 2.75) is 35.6 Å². The summed E-state index contributed by atoms with van der Waals surface area (Å²) in [5.74, 6) is -0.905. The summed E-state index contributed by atoms with van der Waals surface area (Å²) in [5.41, 5.74) is 1.47. The molecule has 7 heteroatoms. The number of likely N-dealkylation sites (tertiary alicyclic amines) is 1. The number of carbonyl (C=O) groups excluding carboxylic acids is 2. The van der Waals surface area contributed by atoms with Crippen LogP contribution in [0.2, 0.25) is 0 Å². The van der Waals surface area contributed by atoms with Crippen LogP contribution < -0.4 is 4.90 Å². The molecule has 0 radical (unpaired) electrons. The quantitative estimate of drug-likeness (QED) is 0.563. The average molecular weight is 463 g/mol. The summed E-state index contributed by atoms with van der Waals surface area (Å²) in [7, 11) is -1.62. The van der Waals surface area contributed by atoms with E-state index < -0.39 is 16.6 Å². The van der Waals surface area contributed by atoms with Crippen molar-refractivity contribution >= 4 is 28.3 Å². The van der Waals surface area contributed by atoms with Gasteiger partial charge in [0.25, 0.3) is 11.8 Å².